The molecule has 0 bridgehead atoms. The first-order chi connectivity index (χ1) is 15.5. The molecule has 0 radical (unpaired) electrons. The van der Waals surface area contributed by atoms with E-state index in [1.165, 1.54) is 11.1 Å². The molecule has 2 aromatic carbocycles. The predicted octanol–water partition coefficient (Wildman–Crippen LogP) is 6.77. The average Bonchev–Trinajstić information content (AvgIpc) is 2.73. The molecule has 5 heteroatoms. The summed E-state index contributed by atoms with van der Waals surface area (Å²) in [6.07, 6.45) is 0. The summed E-state index contributed by atoms with van der Waals surface area (Å²) < 4.78 is 11.7. The third-order valence-electron chi connectivity index (χ3n) is 6.46. The van der Waals surface area contributed by atoms with Crippen LogP contribution in [-0.4, -0.2) is 41.7 Å². The van der Waals surface area contributed by atoms with E-state index in [4.69, 9.17) is 9.31 Å². The summed E-state index contributed by atoms with van der Waals surface area (Å²) in [5.41, 5.74) is 2.60. The van der Waals surface area contributed by atoms with E-state index < -0.39 is 0 Å². The normalized spacial score (nSPS) is 13.9. The summed E-state index contributed by atoms with van der Waals surface area (Å²) in [5, 5.41) is 0. The van der Waals surface area contributed by atoms with Crippen molar-refractivity contribution in [3.05, 3.63) is 59.7 Å². The van der Waals surface area contributed by atoms with E-state index in [0.29, 0.717) is 36.3 Å². The molecule has 4 nitrogen and oxygen atoms in total. The maximum absolute atomic E-state index is 5.83. The Morgan fingerprint density at radius 2 is 0.758 bits per heavy atom. The topological polar surface area (TPSA) is 24.9 Å². The molecule has 0 aliphatic heterocycles. The average molecular weight is 452 g/mol. The maximum Gasteiger partial charge on any atom is 0.576 e. The first-order valence-corrected chi connectivity index (χ1v) is 12.5. The number of rotatable bonds is 12. The number of hydrogen-bond donors (Lipinski definition) is 0. The zero-order valence-electron chi connectivity index (χ0n) is 22.5. The minimum Gasteiger partial charge on any atom is -0.529 e. The highest BCUT2D eigenvalue weighted by Crippen LogP contribution is 2.28. The van der Waals surface area contributed by atoms with Crippen LogP contribution in [0, 0.1) is 0 Å². The SMILES string of the molecule is CC(C)N(C(C)C)C(C)c1ccc(OBOc2ccc(C(C)N(C(C)C)C(C)C)cc2)cc1. The molecule has 0 amide bonds. The fraction of sp³-hybridized carbons (Fsp3) is 0.571. The second kappa shape index (κ2) is 12.5. The monoisotopic (exact) mass is 452 g/mol. The van der Waals surface area contributed by atoms with E-state index in [0.717, 1.165) is 11.5 Å². The summed E-state index contributed by atoms with van der Waals surface area (Å²) in [5.74, 6) is 1.64. The van der Waals surface area contributed by atoms with Gasteiger partial charge in [-0.15, -0.1) is 0 Å². The van der Waals surface area contributed by atoms with Crippen LogP contribution in [0.25, 0.3) is 0 Å². The van der Waals surface area contributed by atoms with Gasteiger partial charge in [0, 0.05) is 36.3 Å². The van der Waals surface area contributed by atoms with Crippen LogP contribution in [0.3, 0.4) is 0 Å². The van der Waals surface area contributed by atoms with Gasteiger partial charge in [0.25, 0.3) is 0 Å². The first-order valence-electron chi connectivity index (χ1n) is 12.5. The van der Waals surface area contributed by atoms with Crippen LogP contribution in [0.15, 0.2) is 48.5 Å². The number of benzene rings is 2. The third-order valence-corrected chi connectivity index (χ3v) is 6.46. The summed E-state index contributed by atoms with van der Waals surface area (Å²) in [6, 6.07) is 19.5. The largest absolute Gasteiger partial charge is 0.576 e. The van der Waals surface area contributed by atoms with Crippen LogP contribution in [0.2, 0.25) is 0 Å². The van der Waals surface area contributed by atoms with Gasteiger partial charge in [0.15, 0.2) is 0 Å². The van der Waals surface area contributed by atoms with Crippen LogP contribution in [0.1, 0.15) is 92.4 Å². The van der Waals surface area contributed by atoms with Gasteiger partial charge in [0.2, 0.25) is 0 Å². The highest BCUT2D eigenvalue weighted by Gasteiger charge is 2.22. The zero-order chi connectivity index (χ0) is 24.7. The highest BCUT2D eigenvalue weighted by atomic mass is 16.6. The molecule has 182 valence electrons. The summed E-state index contributed by atoms with van der Waals surface area (Å²) >= 11 is 0. The lowest BCUT2D eigenvalue weighted by atomic mass is 10.0. The van der Waals surface area contributed by atoms with Crippen molar-refractivity contribution in [3.8, 4) is 11.5 Å². The number of hydrogen-bond acceptors (Lipinski definition) is 4. The van der Waals surface area contributed by atoms with Crippen LogP contribution in [0.4, 0.5) is 0 Å². The molecule has 0 aromatic heterocycles. The number of nitrogens with zero attached hydrogens (tertiary/aromatic N) is 2. The van der Waals surface area contributed by atoms with Crippen LogP contribution >= 0.6 is 0 Å². The first kappa shape index (κ1) is 27.3. The van der Waals surface area contributed by atoms with Gasteiger partial charge in [-0.2, -0.15) is 0 Å². The van der Waals surface area contributed by atoms with Gasteiger partial charge >= 0.3 is 7.69 Å². The van der Waals surface area contributed by atoms with E-state index in [2.05, 4.69) is 103 Å². The van der Waals surface area contributed by atoms with Gasteiger partial charge in [-0.3, -0.25) is 9.80 Å². The minimum atomic E-state index is 0.192. The van der Waals surface area contributed by atoms with Crippen molar-refractivity contribution in [2.45, 2.75) is 105 Å². The van der Waals surface area contributed by atoms with E-state index >= 15 is 0 Å². The van der Waals surface area contributed by atoms with Crippen LogP contribution < -0.4 is 9.31 Å². The van der Waals surface area contributed by atoms with E-state index in [9.17, 15) is 0 Å². The highest BCUT2D eigenvalue weighted by molar-refractivity contribution is 6.20. The predicted molar refractivity (Wildman–Crippen MR) is 142 cm³/mol. The second-order valence-electron chi connectivity index (χ2n) is 10.2. The van der Waals surface area contributed by atoms with E-state index in [-0.39, 0.29) is 7.69 Å². The molecule has 2 rings (SSSR count). The standard InChI is InChI=1S/C28H45BN2O2/c1-19(2)30(20(3)4)23(9)25-11-15-27(16-12-25)32-29-33-28-17-13-26(14-18-28)24(10)31(21(5)6)22(7)8/h11-24,29H,1-10H3. The fourth-order valence-electron chi connectivity index (χ4n) is 5.18. The Morgan fingerprint density at radius 1 is 0.485 bits per heavy atom. The van der Waals surface area contributed by atoms with Gasteiger partial charge in [0.1, 0.15) is 11.5 Å². The molecule has 0 saturated carbocycles. The quantitative estimate of drug-likeness (QED) is 0.332. The Labute approximate surface area is 203 Å². The molecule has 2 unspecified atom stereocenters. The molecule has 0 aliphatic rings. The molecule has 2 atom stereocenters. The third kappa shape index (κ3) is 7.51. The lowest BCUT2D eigenvalue weighted by Crippen LogP contribution is -2.39. The minimum absolute atomic E-state index is 0.192. The summed E-state index contributed by atoms with van der Waals surface area (Å²) in [6.45, 7) is 22.6. The Kier molecular flexibility index (Phi) is 10.3. The van der Waals surface area contributed by atoms with Crippen LogP contribution in [-0.2, 0) is 0 Å². The van der Waals surface area contributed by atoms with Crippen molar-refractivity contribution >= 4 is 7.69 Å². The molecular weight excluding hydrogens is 407 g/mol. The van der Waals surface area contributed by atoms with Crippen molar-refractivity contribution in [3.63, 3.8) is 0 Å². The van der Waals surface area contributed by atoms with Crippen LogP contribution in [0.5, 0.6) is 11.5 Å². The Hall–Kier alpha value is -1.98. The van der Waals surface area contributed by atoms with Crippen molar-refractivity contribution in [1.29, 1.82) is 0 Å². The maximum atomic E-state index is 5.83. The summed E-state index contributed by atoms with van der Waals surface area (Å²) in [4.78, 5) is 5.04. The lowest BCUT2D eigenvalue weighted by molar-refractivity contribution is 0.122. The molecule has 0 N–H and O–H groups in total. The fourth-order valence-corrected chi connectivity index (χ4v) is 5.18. The second-order valence-corrected chi connectivity index (χ2v) is 10.2. The lowest BCUT2D eigenvalue weighted by Gasteiger charge is -2.36. The molecule has 0 aliphatic carbocycles. The van der Waals surface area contributed by atoms with Gasteiger partial charge in [-0.25, -0.2) is 0 Å². The van der Waals surface area contributed by atoms with Gasteiger partial charge in [0.05, 0.1) is 0 Å². The Balaban J connectivity index is 1.91. The Morgan fingerprint density at radius 3 is 1.00 bits per heavy atom. The van der Waals surface area contributed by atoms with Gasteiger partial charge < -0.3 is 9.31 Å². The summed E-state index contributed by atoms with van der Waals surface area (Å²) in [7, 11) is 0.192. The molecule has 0 saturated heterocycles. The van der Waals surface area contributed by atoms with Crippen molar-refractivity contribution in [2.75, 3.05) is 0 Å². The van der Waals surface area contributed by atoms with Crippen molar-refractivity contribution < 1.29 is 9.31 Å². The van der Waals surface area contributed by atoms with Crippen molar-refractivity contribution in [1.82, 2.24) is 9.80 Å². The van der Waals surface area contributed by atoms with E-state index in [1.807, 2.05) is 24.3 Å². The molecule has 0 heterocycles. The smallest absolute Gasteiger partial charge is 0.529 e. The molecule has 2 aromatic rings. The van der Waals surface area contributed by atoms with E-state index in [1.54, 1.807) is 0 Å². The van der Waals surface area contributed by atoms with Gasteiger partial charge in [-0.05, 0) is 105 Å². The molecule has 33 heavy (non-hydrogen) atoms. The zero-order valence-corrected chi connectivity index (χ0v) is 22.5. The molecular formula is C28H45BN2O2. The van der Waals surface area contributed by atoms with Gasteiger partial charge in [-0.1, -0.05) is 24.3 Å². The van der Waals surface area contributed by atoms with Crippen molar-refractivity contribution in [2.24, 2.45) is 0 Å². The Bertz CT molecular complexity index is 733. The molecule has 0 fully saturated rings. The molecule has 0 spiro atoms.